The Hall–Kier alpha value is -1.66. The summed E-state index contributed by atoms with van der Waals surface area (Å²) in [5, 5.41) is 0. The normalized spacial score (nSPS) is 22.3. The van der Waals surface area contributed by atoms with Gasteiger partial charge >= 0.3 is 0 Å². The fourth-order valence-corrected chi connectivity index (χ4v) is 2.99. The minimum atomic E-state index is -0.260. The van der Waals surface area contributed by atoms with Crippen molar-refractivity contribution in [2.24, 2.45) is 0 Å². The van der Waals surface area contributed by atoms with Gasteiger partial charge in [0.15, 0.2) is 0 Å². The first-order valence-corrected chi connectivity index (χ1v) is 8.23. The molecule has 1 aromatic carbocycles. The van der Waals surface area contributed by atoms with Crippen LogP contribution in [0.25, 0.3) is 0 Å². The number of piperazine rings is 1. The Kier molecular flexibility index (Phi) is 5.46. The molecule has 0 saturated carbocycles. The van der Waals surface area contributed by atoms with Crippen LogP contribution in [0, 0.1) is 5.82 Å². The maximum Gasteiger partial charge on any atom is 0.251 e. The number of amides is 1. The van der Waals surface area contributed by atoms with E-state index in [1.807, 2.05) is 4.90 Å². The number of carbonyl (C=O) groups excluding carboxylic acids is 1. The Bertz CT molecular complexity index is 509. The number of halogens is 1. The maximum atomic E-state index is 12.8. The van der Waals surface area contributed by atoms with Crippen molar-refractivity contribution in [1.29, 1.82) is 0 Å². The molecule has 1 unspecified atom stereocenters. The highest BCUT2D eigenvalue weighted by Crippen LogP contribution is 2.16. The fourth-order valence-electron chi connectivity index (χ4n) is 2.99. The number of carbonyl (C=O) groups is 1. The quantitative estimate of drug-likeness (QED) is 0.824. The van der Waals surface area contributed by atoms with Gasteiger partial charge in [-0.1, -0.05) is 0 Å². The predicted molar refractivity (Wildman–Crippen MR) is 83.9 cm³/mol. The summed E-state index contributed by atoms with van der Waals surface area (Å²) in [7, 11) is 0. The molecule has 5 nitrogen and oxygen atoms in total. The summed E-state index contributed by atoms with van der Waals surface area (Å²) in [5.74, 6) is 0.563. The van der Waals surface area contributed by atoms with Crippen molar-refractivity contribution >= 4 is 5.91 Å². The lowest BCUT2D eigenvalue weighted by Gasteiger charge is -2.35. The van der Waals surface area contributed by atoms with Gasteiger partial charge in [-0.25, -0.2) is 4.39 Å². The maximum absolute atomic E-state index is 12.8. The molecule has 0 aliphatic carbocycles. The summed E-state index contributed by atoms with van der Waals surface area (Å²) >= 11 is 0. The average Bonchev–Trinajstić information content (AvgIpc) is 3.11. The van der Waals surface area contributed by atoms with Crippen LogP contribution in [0.15, 0.2) is 24.3 Å². The molecule has 1 atom stereocenters. The molecule has 2 heterocycles. The molecule has 0 aromatic heterocycles. The summed E-state index contributed by atoms with van der Waals surface area (Å²) in [6.07, 6.45) is 1.62. The second-order valence-corrected chi connectivity index (χ2v) is 5.97. The molecule has 0 radical (unpaired) electrons. The standard InChI is InChI=1S/C17H23FN2O3/c18-14-3-5-15(6-4-14)22-13-11-19-7-9-20(10-8-19)17(21)16-2-1-12-23-16/h3-6,16H,1-2,7-13H2. The molecular weight excluding hydrogens is 299 g/mol. The molecule has 0 bridgehead atoms. The predicted octanol–water partition coefficient (Wildman–Crippen LogP) is 1.53. The first-order valence-electron chi connectivity index (χ1n) is 8.23. The van der Waals surface area contributed by atoms with E-state index in [0.29, 0.717) is 19.0 Å². The van der Waals surface area contributed by atoms with Crippen LogP contribution in [0.2, 0.25) is 0 Å². The zero-order chi connectivity index (χ0) is 16.1. The summed E-state index contributed by atoms with van der Waals surface area (Å²) in [5.41, 5.74) is 0. The molecular formula is C17H23FN2O3. The minimum absolute atomic E-state index is 0.143. The van der Waals surface area contributed by atoms with Crippen LogP contribution < -0.4 is 4.74 Å². The van der Waals surface area contributed by atoms with Gasteiger partial charge in [-0.2, -0.15) is 0 Å². The zero-order valence-electron chi connectivity index (χ0n) is 13.2. The molecule has 126 valence electrons. The minimum Gasteiger partial charge on any atom is -0.492 e. The molecule has 2 fully saturated rings. The van der Waals surface area contributed by atoms with Crippen molar-refractivity contribution < 1.29 is 18.7 Å². The Morgan fingerprint density at radius 3 is 2.61 bits per heavy atom. The van der Waals surface area contributed by atoms with Gasteiger partial charge in [-0.05, 0) is 37.1 Å². The van der Waals surface area contributed by atoms with Crippen LogP contribution in [0.3, 0.4) is 0 Å². The van der Waals surface area contributed by atoms with Gasteiger partial charge < -0.3 is 14.4 Å². The molecule has 1 amide bonds. The largest absolute Gasteiger partial charge is 0.492 e. The summed E-state index contributed by atoms with van der Waals surface area (Å²) in [6.45, 7) is 5.27. The van der Waals surface area contributed by atoms with Crippen LogP contribution in [-0.2, 0) is 9.53 Å². The van der Waals surface area contributed by atoms with E-state index in [2.05, 4.69) is 4.90 Å². The van der Waals surface area contributed by atoms with Crippen molar-refractivity contribution in [2.45, 2.75) is 18.9 Å². The Labute approximate surface area is 136 Å². The summed E-state index contributed by atoms with van der Waals surface area (Å²) in [4.78, 5) is 16.5. The van der Waals surface area contributed by atoms with Crippen LogP contribution in [0.4, 0.5) is 4.39 Å². The van der Waals surface area contributed by atoms with Gasteiger partial charge in [0.1, 0.15) is 24.3 Å². The van der Waals surface area contributed by atoms with E-state index < -0.39 is 0 Å². The third kappa shape index (κ3) is 4.42. The molecule has 23 heavy (non-hydrogen) atoms. The first kappa shape index (κ1) is 16.2. The van der Waals surface area contributed by atoms with Gasteiger partial charge in [0.05, 0.1) is 0 Å². The number of benzene rings is 1. The molecule has 2 aliphatic rings. The van der Waals surface area contributed by atoms with E-state index in [1.165, 1.54) is 12.1 Å². The van der Waals surface area contributed by atoms with E-state index in [-0.39, 0.29) is 17.8 Å². The van der Waals surface area contributed by atoms with E-state index in [9.17, 15) is 9.18 Å². The molecule has 3 rings (SSSR count). The highest BCUT2D eigenvalue weighted by Gasteiger charge is 2.30. The molecule has 1 aromatic rings. The highest BCUT2D eigenvalue weighted by atomic mass is 19.1. The first-order chi connectivity index (χ1) is 11.2. The van der Waals surface area contributed by atoms with Crippen LogP contribution in [-0.4, -0.2) is 67.7 Å². The number of ether oxygens (including phenoxy) is 2. The third-order valence-electron chi connectivity index (χ3n) is 4.38. The van der Waals surface area contributed by atoms with Crippen molar-refractivity contribution in [1.82, 2.24) is 9.80 Å². The van der Waals surface area contributed by atoms with Gasteiger partial charge in [0.2, 0.25) is 0 Å². The smallest absolute Gasteiger partial charge is 0.251 e. The lowest BCUT2D eigenvalue weighted by molar-refractivity contribution is -0.142. The van der Waals surface area contributed by atoms with Gasteiger partial charge in [-0.3, -0.25) is 9.69 Å². The lowest BCUT2D eigenvalue weighted by atomic mass is 10.2. The average molecular weight is 322 g/mol. The second-order valence-electron chi connectivity index (χ2n) is 5.97. The molecule has 6 heteroatoms. The lowest BCUT2D eigenvalue weighted by Crippen LogP contribution is -2.52. The number of rotatable bonds is 5. The zero-order valence-corrected chi connectivity index (χ0v) is 13.2. The fraction of sp³-hybridized carbons (Fsp3) is 0.588. The number of nitrogens with zero attached hydrogens (tertiary/aromatic N) is 2. The second kappa shape index (κ2) is 7.75. The Morgan fingerprint density at radius 2 is 1.96 bits per heavy atom. The van der Waals surface area contributed by atoms with Crippen molar-refractivity contribution in [3.63, 3.8) is 0 Å². The van der Waals surface area contributed by atoms with Gasteiger partial charge in [0.25, 0.3) is 5.91 Å². The molecule has 2 saturated heterocycles. The molecule has 0 spiro atoms. The third-order valence-corrected chi connectivity index (χ3v) is 4.38. The Morgan fingerprint density at radius 1 is 1.22 bits per heavy atom. The van der Waals surface area contributed by atoms with Crippen molar-refractivity contribution in [3.05, 3.63) is 30.1 Å². The van der Waals surface area contributed by atoms with E-state index in [4.69, 9.17) is 9.47 Å². The van der Waals surface area contributed by atoms with Crippen molar-refractivity contribution in [2.75, 3.05) is 45.9 Å². The van der Waals surface area contributed by atoms with Gasteiger partial charge in [0, 0.05) is 39.3 Å². The van der Waals surface area contributed by atoms with E-state index in [0.717, 1.165) is 45.6 Å². The molecule has 2 aliphatic heterocycles. The summed E-state index contributed by atoms with van der Waals surface area (Å²) in [6, 6.07) is 6.05. The van der Waals surface area contributed by atoms with Crippen LogP contribution >= 0.6 is 0 Å². The van der Waals surface area contributed by atoms with Crippen LogP contribution in [0.5, 0.6) is 5.75 Å². The monoisotopic (exact) mass is 322 g/mol. The topological polar surface area (TPSA) is 42.0 Å². The van der Waals surface area contributed by atoms with Crippen LogP contribution in [0.1, 0.15) is 12.8 Å². The SMILES string of the molecule is O=C(C1CCCO1)N1CCN(CCOc2ccc(F)cc2)CC1. The Balaban J connectivity index is 1.36. The van der Waals surface area contributed by atoms with E-state index in [1.54, 1.807) is 12.1 Å². The molecule has 0 N–H and O–H groups in total. The summed E-state index contributed by atoms with van der Waals surface area (Å²) < 4.78 is 23.9. The van der Waals surface area contributed by atoms with E-state index >= 15 is 0 Å². The number of hydrogen-bond acceptors (Lipinski definition) is 4. The van der Waals surface area contributed by atoms with Crippen molar-refractivity contribution in [3.8, 4) is 5.75 Å². The van der Waals surface area contributed by atoms with Gasteiger partial charge in [-0.15, -0.1) is 0 Å². The number of hydrogen-bond donors (Lipinski definition) is 0. The highest BCUT2D eigenvalue weighted by molar-refractivity contribution is 5.81.